The maximum Gasteiger partial charge on any atom is 0.153 e. The van der Waals surface area contributed by atoms with Crippen LogP contribution in [-0.4, -0.2) is 55.7 Å². The van der Waals surface area contributed by atoms with Crippen LogP contribution in [0.25, 0.3) is 0 Å². The average Bonchev–Trinajstić information content (AvgIpc) is 2.40. The molecule has 1 fully saturated rings. The Hall–Kier alpha value is -1.59. The van der Waals surface area contributed by atoms with Crippen molar-refractivity contribution in [2.75, 3.05) is 39.5 Å². The van der Waals surface area contributed by atoms with E-state index in [0.29, 0.717) is 18.6 Å². The molecule has 0 saturated carbocycles. The Balaban J connectivity index is 1.79. The summed E-state index contributed by atoms with van der Waals surface area (Å²) in [7, 11) is 0. The van der Waals surface area contributed by atoms with Crippen molar-refractivity contribution in [2.45, 2.75) is 0 Å². The van der Waals surface area contributed by atoms with Crippen molar-refractivity contribution in [3.63, 3.8) is 0 Å². The van der Waals surface area contributed by atoms with Gasteiger partial charge in [0.1, 0.15) is 18.1 Å². The average molecular weight is 251 g/mol. The van der Waals surface area contributed by atoms with Gasteiger partial charge in [-0.15, -0.1) is 0 Å². The van der Waals surface area contributed by atoms with Crippen LogP contribution >= 0.6 is 0 Å². The van der Waals surface area contributed by atoms with E-state index >= 15 is 0 Å². The second-order valence-electron chi connectivity index (χ2n) is 4.14. The lowest BCUT2D eigenvalue weighted by atomic mass is 10.2. The summed E-state index contributed by atoms with van der Waals surface area (Å²) in [6.07, 6.45) is 0.618. The summed E-state index contributed by atoms with van der Waals surface area (Å²) in [6, 6.07) is 4.69. The number of hydrogen-bond acceptors (Lipinski definition) is 5. The van der Waals surface area contributed by atoms with Crippen LogP contribution in [-0.2, 0) is 4.74 Å². The lowest BCUT2D eigenvalue weighted by molar-refractivity contribution is 0.0322. The molecule has 5 heteroatoms. The molecule has 1 aliphatic rings. The van der Waals surface area contributed by atoms with Crippen molar-refractivity contribution in [1.82, 2.24) is 4.90 Å². The summed E-state index contributed by atoms with van der Waals surface area (Å²) >= 11 is 0. The topological polar surface area (TPSA) is 59.0 Å². The van der Waals surface area contributed by atoms with Crippen molar-refractivity contribution in [3.8, 4) is 11.5 Å². The van der Waals surface area contributed by atoms with Crippen molar-refractivity contribution < 1.29 is 19.4 Å². The van der Waals surface area contributed by atoms with Gasteiger partial charge in [0.05, 0.1) is 18.8 Å². The molecule has 1 aliphatic heterocycles. The van der Waals surface area contributed by atoms with E-state index < -0.39 is 0 Å². The number of rotatable bonds is 5. The van der Waals surface area contributed by atoms with Gasteiger partial charge in [-0.2, -0.15) is 0 Å². The highest BCUT2D eigenvalue weighted by Gasteiger charge is 2.10. The monoisotopic (exact) mass is 251 g/mol. The molecule has 0 atom stereocenters. The molecule has 2 rings (SSSR count). The van der Waals surface area contributed by atoms with Crippen molar-refractivity contribution in [3.05, 3.63) is 23.8 Å². The molecule has 98 valence electrons. The summed E-state index contributed by atoms with van der Waals surface area (Å²) in [4.78, 5) is 12.8. The first kappa shape index (κ1) is 12.9. The highest BCUT2D eigenvalue weighted by molar-refractivity contribution is 5.79. The fraction of sp³-hybridized carbons (Fsp3) is 0.462. The molecular weight excluding hydrogens is 234 g/mol. The summed E-state index contributed by atoms with van der Waals surface area (Å²) in [6.45, 7) is 4.79. The number of aldehydes is 1. The number of ether oxygens (including phenoxy) is 2. The SMILES string of the molecule is O=Cc1ccc(OCCN2CCOCC2)cc1O. The Morgan fingerprint density at radius 3 is 2.83 bits per heavy atom. The predicted molar refractivity (Wildman–Crippen MR) is 66.2 cm³/mol. The van der Waals surface area contributed by atoms with Gasteiger partial charge in [-0.3, -0.25) is 9.69 Å². The first-order valence-electron chi connectivity index (χ1n) is 6.00. The zero-order valence-corrected chi connectivity index (χ0v) is 10.2. The van der Waals surface area contributed by atoms with Crippen molar-refractivity contribution in [2.24, 2.45) is 0 Å². The molecule has 1 N–H and O–H groups in total. The Labute approximate surface area is 106 Å². The van der Waals surface area contributed by atoms with Crippen LogP contribution in [0.3, 0.4) is 0 Å². The highest BCUT2D eigenvalue weighted by atomic mass is 16.5. The Morgan fingerprint density at radius 1 is 1.39 bits per heavy atom. The van der Waals surface area contributed by atoms with Gasteiger partial charge in [-0.05, 0) is 12.1 Å². The van der Waals surface area contributed by atoms with E-state index in [9.17, 15) is 9.90 Å². The number of carbonyl (C=O) groups excluding carboxylic acids is 1. The van der Waals surface area contributed by atoms with Gasteiger partial charge in [0, 0.05) is 25.7 Å². The third-order valence-corrected chi connectivity index (χ3v) is 2.91. The standard InChI is InChI=1S/C13H17NO4/c15-10-11-1-2-12(9-13(11)16)18-8-5-14-3-6-17-7-4-14/h1-2,9-10,16H,3-8H2. The molecule has 5 nitrogen and oxygen atoms in total. The van der Waals surface area contributed by atoms with E-state index in [0.717, 1.165) is 32.8 Å². The summed E-state index contributed by atoms with van der Waals surface area (Å²) in [5, 5.41) is 9.50. The van der Waals surface area contributed by atoms with E-state index in [4.69, 9.17) is 9.47 Å². The van der Waals surface area contributed by atoms with E-state index in [1.807, 2.05) is 0 Å². The van der Waals surface area contributed by atoms with Crippen LogP contribution in [0.5, 0.6) is 11.5 Å². The second-order valence-corrected chi connectivity index (χ2v) is 4.14. The smallest absolute Gasteiger partial charge is 0.153 e. The van der Waals surface area contributed by atoms with E-state index in [-0.39, 0.29) is 11.3 Å². The van der Waals surface area contributed by atoms with Crippen molar-refractivity contribution in [1.29, 1.82) is 0 Å². The number of hydrogen-bond donors (Lipinski definition) is 1. The van der Waals surface area contributed by atoms with Crippen LogP contribution < -0.4 is 4.74 Å². The third-order valence-electron chi connectivity index (χ3n) is 2.91. The Kier molecular flexibility index (Phi) is 4.55. The summed E-state index contributed by atoms with van der Waals surface area (Å²) in [5.74, 6) is 0.528. The fourth-order valence-corrected chi connectivity index (χ4v) is 1.83. The quantitative estimate of drug-likeness (QED) is 0.788. The zero-order chi connectivity index (χ0) is 12.8. The first-order valence-corrected chi connectivity index (χ1v) is 6.00. The van der Waals surface area contributed by atoms with Crippen LogP contribution in [0.15, 0.2) is 18.2 Å². The molecule has 0 aromatic heterocycles. The number of carbonyl (C=O) groups is 1. The lowest BCUT2D eigenvalue weighted by Gasteiger charge is -2.26. The van der Waals surface area contributed by atoms with E-state index in [2.05, 4.69) is 4.90 Å². The van der Waals surface area contributed by atoms with Crippen LogP contribution in [0, 0.1) is 0 Å². The molecule has 1 aromatic carbocycles. The molecule has 1 heterocycles. The van der Waals surface area contributed by atoms with Gasteiger partial charge in [0.25, 0.3) is 0 Å². The van der Waals surface area contributed by atoms with E-state index in [1.165, 1.54) is 6.07 Å². The minimum absolute atomic E-state index is 0.0473. The Bertz CT molecular complexity index is 402. The van der Waals surface area contributed by atoms with Gasteiger partial charge < -0.3 is 14.6 Å². The molecule has 0 unspecified atom stereocenters. The van der Waals surface area contributed by atoms with Gasteiger partial charge in [0.15, 0.2) is 6.29 Å². The van der Waals surface area contributed by atoms with E-state index in [1.54, 1.807) is 12.1 Å². The first-order chi connectivity index (χ1) is 8.79. The summed E-state index contributed by atoms with van der Waals surface area (Å²) < 4.78 is 10.8. The fourth-order valence-electron chi connectivity index (χ4n) is 1.83. The Morgan fingerprint density at radius 2 is 2.17 bits per heavy atom. The molecular formula is C13H17NO4. The third kappa shape index (κ3) is 3.45. The normalized spacial score (nSPS) is 16.4. The van der Waals surface area contributed by atoms with Crippen LogP contribution in [0.1, 0.15) is 10.4 Å². The van der Waals surface area contributed by atoms with Gasteiger partial charge in [0.2, 0.25) is 0 Å². The molecule has 1 aromatic rings. The molecule has 0 bridgehead atoms. The van der Waals surface area contributed by atoms with Gasteiger partial charge in [-0.1, -0.05) is 0 Å². The second kappa shape index (κ2) is 6.37. The van der Waals surface area contributed by atoms with Crippen LogP contribution in [0.2, 0.25) is 0 Å². The largest absolute Gasteiger partial charge is 0.507 e. The maximum atomic E-state index is 10.5. The molecule has 0 radical (unpaired) electrons. The van der Waals surface area contributed by atoms with Gasteiger partial charge >= 0.3 is 0 Å². The molecule has 1 saturated heterocycles. The lowest BCUT2D eigenvalue weighted by Crippen LogP contribution is -2.38. The maximum absolute atomic E-state index is 10.5. The number of morpholine rings is 1. The van der Waals surface area contributed by atoms with Gasteiger partial charge in [-0.25, -0.2) is 0 Å². The molecule has 0 amide bonds. The minimum Gasteiger partial charge on any atom is -0.507 e. The molecule has 0 spiro atoms. The number of aromatic hydroxyl groups is 1. The highest BCUT2D eigenvalue weighted by Crippen LogP contribution is 2.22. The number of nitrogens with zero attached hydrogens (tertiary/aromatic N) is 1. The number of phenolic OH excluding ortho intramolecular Hbond substituents is 1. The zero-order valence-electron chi connectivity index (χ0n) is 10.2. The molecule has 0 aliphatic carbocycles. The van der Waals surface area contributed by atoms with Crippen LogP contribution in [0.4, 0.5) is 0 Å². The molecule has 18 heavy (non-hydrogen) atoms. The van der Waals surface area contributed by atoms with Crippen molar-refractivity contribution >= 4 is 6.29 Å². The summed E-state index contributed by atoms with van der Waals surface area (Å²) in [5.41, 5.74) is 0.274. The minimum atomic E-state index is -0.0473. The predicted octanol–water partition coefficient (Wildman–Crippen LogP) is 0.916. The number of benzene rings is 1. The number of phenols is 1.